The van der Waals surface area contributed by atoms with Crippen LogP contribution in [0.2, 0.25) is 0 Å². The van der Waals surface area contributed by atoms with Gasteiger partial charge in [-0.2, -0.15) is 5.26 Å². The smallest absolute Gasteiger partial charge is 0.0991 e. The SMILES string of the molecule is N#Cc1ccc(N2CCN3CCC[C@H]3C2)cc1. The van der Waals surface area contributed by atoms with Gasteiger partial charge in [-0.1, -0.05) is 0 Å². The zero-order valence-corrected chi connectivity index (χ0v) is 9.97. The molecule has 2 aliphatic rings. The molecule has 3 rings (SSSR count). The lowest BCUT2D eigenvalue weighted by Crippen LogP contribution is -2.50. The van der Waals surface area contributed by atoms with Gasteiger partial charge >= 0.3 is 0 Å². The van der Waals surface area contributed by atoms with Gasteiger partial charge in [-0.05, 0) is 43.7 Å². The summed E-state index contributed by atoms with van der Waals surface area (Å²) in [5, 5.41) is 8.79. The standard InChI is InChI=1S/C14H17N3/c15-10-12-3-5-13(6-4-12)17-9-8-16-7-1-2-14(16)11-17/h3-6,14H,1-2,7-9,11H2/t14-/m0/s1. The van der Waals surface area contributed by atoms with E-state index in [4.69, 9.17) is 5.26 Å². The van der Waals surface area contributed by atoms with Crippen LogP contribution < -0.4 is 4.90 Å². The van der Waals surface area contributed by atoms with Crippen molar-refractivity contribution in [2.24, 2.45) is 0 Å². The van der Waals surface area contributed by atoms with Crippen LogP contribution in [-0.2, 0) is 0 Å². The van der Waals surface area contributed by atoms with Crippen molar-refractivity contribution in [1.29, 1.82) is 5.26 Å². The Morgan fingerprint density at radius 1 is 1.12 bits per heavy atom. The fourth-order valence-electron chi connectivity index (χ4n) is 2.97. The summed E-state index contributed by atoms with van der Waals surface area (Å²) in [5.74, 6) is 0. The Labute approximate surface area is 102 Å². The molecule has 0 aromatic heterocycles. The van der Waals surface area contributed by atoms with E-state index < -0.39 is 0 Å². The molecule has 0 unspecified atom stereocenters. The number of rotatable bonds is 1. The lowest BCUT2D eigenvalue weighted by molar-refractivity contribution is 0.231. The Balaban J connectivity index is 1.74. The van der Waals surface area contributed by atoms with Crippen LogP contribution in [-0.4, -0.2) is 37.1 Å². The molecule has 3 heteroatoms. The number of nitrogens with zero attached hydrogens (tertiary/aromatic N) is 3. The molecule has 0 amide bonds. The van der Waals surface area contributed by atoms with Gasteiger partial charge in [-0.3, -0.25) is 4.90 Å². The van der Waals surface area contributed by atoms with E-state index in [2.05, 4.69) is 28.0 Å². The molecule has 0 radical (unpaired) electrons. The number of benzene rings is 1. The van der Waals surface area contributed by atoms with Crippen LogP contribution in [0.4, 0.5) is 5.69 Å². The second kappa shape index (κ2) is 4.38. The van der Waals surface area contributed by atoms with E-state index in [0.29, 0.717) is 0 Å². The average molecular weight is 227 g/mol. The van der Waals surface area contributed by atoms with Gasteiger partial charge < -0.3 is 4.90 Å². The minimum Gasteiger partial charge on any atom is -0.369 e. The third kappa shape index (κ3) is 2.01. The molecule has 88 valence electrons. The van der Waals surface area contributed by atoms with Gasteiger partial charge in [0, 0.05) is 31.4 Å². The van der Waals surface area contributed by atoms with Crippen molar-refractivity contribution < 1.29 is 0 Å². The highest BCUT2D eigenvalue weighted by Crippen LogP contribution is 2.25. The number of hydrogen-bond acceptors (Lipinski definition) is 3. The maximum absolute atomic E-state index is 8.79. The molecule has 0 aliphatic carbocycles. The minimum absolute atomic E-state index is 0.744. The van der Waals surface area contributed by atoms with Gasteiger partial charge in [0.25, 0.3) is 0 Å². The van der Waals surface area contributed by atoms with Crippen LogP contribution in [0.1, 0.15) is 18.4 Å². The van der Waals surface area contributed by atoms with Crippen molar-refractivity contribution in [3.05, 3.63) is 29.8 Å². The molecule has 2 fully saturated rings. The summed E-state index contributed by atoms with van der Waals surface area (Å²) >= 11 is 0. The number of anilines is 1. The lowest BCUT2D eigenvalue weighted by Gasteiger charge is -2.38. The summed E-state index contributed by atoms with van der Waals surface area (Å²) in [4.78, 5) is 5.06. The van der Waals surface area contributed by atoms with Crippen molar-refractivity contribution in [3.8, 4) is 6.07 Å². The number of fused-ring (bicyclic) bond motifs is 1. The molecule has 2 aliphatic heterocycles. The average Bonchev–Trinajstić information content (AvgIpc) is 2.86. The van der Waals surface area contributed by atoms with Gasteiger partial charge in [0.05, 0.1) is 11.6 Å². The van der Waals surface area contributed by atoms with Crippen LogP contribution in [0.3, 0.4) is 0 Å². The Kier molecular flexibility index (Phi) is 2.74. The first-order valence-electron chi connectivity index (χ1n) is 6.36. The maximum atomic E-state index is 8.79. The number of piperazine rings is 1. The quantitative estimate of drug-likeness (QED) is 0.733. The summed E-state index contributed by atoms with van der Waals surface area (Å²) in [6, 6.07) is 10.9. The summed E-state index contributed by atoms with van der Waals surface area (Å²) < 4.78 is 0. The molecule has 0 bridgehead atoms. The van der Waals surface area contributed by atoms with Crippen molar-refractivity contribution in [2.75, 3.05) is 31.1 Å². The minimum atomic E-state index is 0.744. The van der Waals surface area contributed by atoms with Crippen LogP contribution in [0.25, 0.3) is 0 Å². The third-order valence-electron chi connectivity index (χ3n) is 3.95. The van der Waals surface area contributed by atoms with E-state index in [1.807, 2.05) is 12.1 Å². The summed E-state index contributed by atoms with van der Waals surface area (Å²) in [5.41, 5.74) is 2.00. The first-order chi connectivity index (χ1) is 8.36. The predicted molar refractivity (Wildman–Crippen MR) is 68.0 cm³/mol. The fourth-order valence-corrected chi connectivity index (χ4v) is 2.97. The molecule has 0 saturated carbocycles. The van der Waals surface area contributed by atoms with E-state index in [0.717, 1.165) is 24.7 Å². The van der Waals surface area contributed by atoms with Gasteiger partial charge in [-0.25, -0.2) is 0 Å². The second-order valence-electron chi connectivity index (χ2n) is 4.94. The van der Waals surface area contributed by atoms with Crippen molar-refractivity contribution in [1.82, 2.24) is 4.90 Å². The van der Waals surface area contributed by atoms with E-state index in [9.17, 15) is 0 Å². The monoisotopic (exact) mass is 227 g/mol. The molecule has 2 saturated heterocycles. The third-order valence-corrected chi connectivity index (χ3v) is 3.95. The van der Waals surface area contributed by atoms with Crippen molar-refractivity contribution >= 4 is 5.69 Å². The van der Waals surface area contributed by atoms with E-state index in [1.54, 1.807) is 0 Å². The summed E-state index contributed by atoms with van der Waals surface area (Å²) in [7, 11) is 0. The van der Waals surface area contributed by atoms with Gasteiger partial charge in [0.1, 0.15) is 0 Å². The first kappa shape index (κ1) is 10.6. The van der Waals surface area contributed by atoms with Crippen LogP contribution in [0.15, 0.2) is 24.3 Å². The maximum Gasteiger partial charge on any atom is 0.0991 e. The first-order valence-corrected chi connectivity index (χ1v) is 6.36. The molecule has 1 atom stereocenters. The normalized spacial score (nSPS) is 24.4. The Bertz CT molecular complexity index is 432. The highest BCUT2D eigenvalue weighted by atomic mass is 15.3. The summed E-state index contributed by atoms with van der Waals surface area (Å²) in [6.45, 7) is 4.73. The highest BCUT2D eigenvalue weighted by molar-refractivity contribution is 5.50. The molecule has 0 N–H and O–H groups in total. The Hall–Kier alpha value is -1.53. The molecule has 2 heterocycles. The Morgan fingerprint density at radius 3 is 2.71 bits per heavy atom. The molecule has 1 aromatic rings. The molecular weight excluding hydrogens is 210 g/mol. The van der Waals surface area contributed by atoms with E-state index >= 15 is 0 Å². The molecule has 17 heavy (non-hydrogen) atoms. The molecule has 3 nitrogen and oxygen atoms in total. The fraction of sp³-hybridized carbons (Fsp3) is 0.500. The van der Waals surface area contributed by atoms with Crippen molar-refractivity contribution in [3.63, 3.8) is 0 Å². The van der Waals surface area contributed by atoms with Crippen molar-refractivity contribution in [2.45, 2.75) is 18.9 Å². The van der Waals surface area contributed by atoms with E-state index in [1.165, 1.54) is 31.6 Å². The van der Waals surface area contributed by atoms with Gasteiger partial charge in [0.2, 0.25) is 0 Å². The number of hydrogen-bond donors (Lipinski definition) is 0. The number of nitriles is 1. The van der Waals surface area contributed by atoms with Gasteiger partial charge in [0.15, 0.2) is 0 Å². The predicted octanol–water partition coefficient (Wildman–Crippen LogP) is 1.84. The Morgan fingerprint density at radius 2 is 1.94 bits per heavy atom. The highest BCUT2D eigenvalue weighted by Gasteiger charge is 2.30. The zero-order chi connectivity index (χ0) is 11.7. The van der Waals surface area contributed by atoms with Crippen LogP contribution in [0.5, 0.6) is 0 Å². The van der Waals surface area contributed by atoms with Crippen LogP contribution in [0, 0.1) is 11.3 Å². The van der Waals surface area contributed by atoms with Gasteiger partial charge in [-0.15, -0.1) is 0 Å². The molecular formula is C14H17N3. The topological polar surface area (TPSA) is 30.3 Å². The van der Waals surface area contributed by atoms with E-state index in [-0.39, 0.29) is 0 Å². The largest absolute Gasteiger partial charge is 0.369 e. The molecule has 0 spiro atoms. The zero-order valence-electron chi connectivity index (χ0n) is 9.97. The summed E-state index contributed by atoms with van der Waals surface area (Å²) in [6.07, 6.45) is 2.69. The lowest BCUT2D eigenvalue weighted by atomic mass is 10.1. The van der Waals surface area contributed by atoms with Crippen LogP contribution >= 0.6 is 0 Å². The second-order valence-corrected chi connectivity index (χ2v) is 4.94. The molecule has 1 aromatic carbocycles.